The van der Waals surface area contributed by atoms with Gasteiger partial charge in [-0.05, 0) is 13.0 Å². The second-order valence-corrected chi connectivity index (χ2v) is 5.51. The van der Waals surface area contributed by atoms with Crippen molar-refractivity contribution in [2.75, 3.05) is 6.61 Å². The van der Waals surface area contributed by atoms with E-state index in [-0.39, 0.29) is 18.8 Å². The van der Waals surface area contributed by atoms with Crippen LogP contribution in [0.3, 0.4) is 0 Å². The standard InChI is InChI=1S/C10H11Cl2NO3S/c1-2-16-10(15)6(13)4-7(14)5-3-8(11)17-9(5)12/h3,6H,2,4,13H2,1H3. The summed E-state index contributed by atoms with van der Waals surface area (Å²) in [5.41, 5.74) is 5.82. The molecule has 4 nitrogen and oxygen atoms in total. The number of hydrogen-bond acceptors (Lipinski definition) is 5. The van der Waals surface area contributed by atoms with Crippen LogP contribution in [0.2, 0.25) is 8.67 Å². The van der Waals surface area contributed by atoms with Crippen molar-refractivity contribution in [2.24, 2.45) is 5.73 Å². The smallest absolute Gasteiger partial charge is 0.323 e. The number of ketones is 1. The van der Waals surface area contributed by atoms with Gasteiger partial charge in [0, 0.05) is 12.0 Å². The SMILES string of the molecule is CCOC(=O)C(N)CC(=O)c1cc(Cl)sc1Cl. The van der Waals surface area contributed by atoms with E-state index in [1.807, 2.05) is 0 Å². The summed E-state index contributed by atoms with van der Waals surface area (Å²) >= 11 is 12.6. The highest BCUT2D eigenvalue weighted by Crippen LogP contribution is 2.31. The first-order valence-corrected chi connectivity index (χ1v) is 6.43. The van der Waals surface area contributed by atoms with Crippen molar-refractivity contribution in [2.45, 2.75) is 19.4 Å². The molecule has 1 rings (SSSR count). The van der Waals surface area contributed by atoms with Crippen LogP contribution in [-0.4, -0.2) is 24.4 Å². The maximum atomic E-state index is 11.8. The summed E-state index contributed by atoms with van der Waals surface area (Å²) < 4.78 is 5.42. The van der Waals surface area contributed by atoms with Crippen LogP contribution < -0.4 is 5.73 Å². The molecule has 0 radical (unpaired) electrons. The molecule has 0 aliphatic carbocycles. The van der Waals surface area contributed by atoms with Crippen molar-refractivity contribution in [1.29, 1.82) is 0 Å². The fraction of sp³-hybridized carbons (Fsp3) is 0.400. The van der Waals surface area contributed by atoms with Crippen LogP contribution in [0.25, 0.3) is 0 Å². The Kier molecular flexibility index (Phi) is 5.39. The van der Waals surface area contributed by atoms with Gasteiger partial charge in [-0.2, -0.15) is 0 Å². The van der Waals surface area contributed by atoms with E-state index in [4.69, 9.17) is 33.7 Å². The van der Waals surface area contributed by atoms with Crippen molar-refractivity contribution in [1.82, 2.24) is 0 Å². The first-order chi connectivity index (χ1) is 7.95. The first kappa shape index (κ1) is 14.4. The molecule has 0 bridgehead atoms. The minimum Gasteiger partial charge on any atom is -0.465 e. The van der Waals surface area contributed by atoms with Crippen molar-refractivity contribution in [3.63, 3.8) is 0 Å². The zero-order chi connectivity index (χ0) is 13.0. The number of rotatable bonds is 5. The number of carbonyl (C=O) groups is 2. The maximum absolute atomic E-state index is 11.8. The Balaban J connectivity index is 2.66. The van der Waals surface area contributed by atoms with Gasteiger partial charge in [0.15, 0.2) is 5.78 Å². The topological polar surface area (TPSA) is 69.4 Å². The van der Waals surface area contributed by atoms with Gasteiger partial charge in [0.2, 0.25) is 0 Å². The number of Topliss-reactive ketones (excluding diaryl/α,β-unsaturated/α-hetero) is 1. The van der Waals surface area contributed by atoms with Gasteiger partial charge in [-0.15, -0.1) is 11.3 Å². The minimum absolute atomic E-state index is 0.147. The predicted octanol–water partition coefficient (Wildman–Crippen LogP) is 2.52. The third-order valence-corrected chi connectivity index (χ3v) is 3.44. The molecular weight excluding hydrogens is 285 g/mol. The Morgan fingerprint density at radius 1 is 1.53 bits per heavy atom. The van der Waals surface area contributed by atoms with Gasteiger partial charge in [-0.25, -0.2) is 0 Å². The van der Waals surface area contributed by atoms with Crippen molar-refractivity contribution < 1.29 is 14.3 Å². The maximum Gasteiger partial charge on any atom is 0.323 e. The molecule has 1 atom stereocenters. The highest BCUT2D eigenvalue weighted by Gasteiger charge is 2.22. The second-order valence-electron chi connectivity index (χ2n) is 3.22. The Hall–Kier alpha value is -0.620. The van der Waals surface area contributed by atoms with Gasteiger partial charge in [0.25, 0.3) is 0 Å². The predicted molar refractivity (Wildman–Crippen MR) is 67.9 cm³/mol. The van der Waals surface area contributed by atoms with E-state index in [2.05, 4.69) is 0 Å². The lowest BCUT2D eigenvalue weighted by atomic mass is 10.1. The molecule has 1 aromatic heterocycles. The summed E-state index contributed by atoms with van der Waals surface area (Å²) in [4.78, 5) is 23.0. The molecule has 0 fully saturated rings. The van der Waals surface area contributed by atoms with E-state index in [0.717, 1.165) is 11.3 Å². The summed E-state index contributed by atoms with van der Waals surface area (Å²) in [7, 11) is 0. The van der Waals surface area contributed by atoms with E-state index in [1.54, 1.807) is 6.92 Å². The number of ether oxygens (including phenoxy) is 1. The molecular formula is C10H11Cl2NO3S. The van der Waals surface area contributed by atoms with Crippen molar-refractivity contribution >= 4 is 46.3 Å². The van der Waals surface area contributed by atoms with Crippen LogP contribution >= 0.6 is 34.5 Å². The summed E-state index contributed by atoms with van der Waals surface area (Å²) in [6, 6.07) is 0.492. The summed E-state index contributed by atoms with van der Waals surface area (Å²) in [6.45, 7) is 1.90. The zero-order valence-electron chi connectivity index (χ0n) is 9.04. The summed E-state index contributed by atoms with van der Waals surface area (Å²) in [5, 5.41) is 0. The Morgan fingerprint density at radius 2 is 2.18 bits per heavy atom. The van der Waals surface area contributed by atoms with Gasteiger partial charge >= 0.3 is 5.97 Å². The van der Waals surface area contributed by atoms with Gasteiger partial charge in [-0.3, -0.25) is 9.59 Å². The zero-order valence-corrected chi connectivity index (χ0v) is 11.4. The van der Waals surface area contributed by atoms with Crippen LogP contribution in [0.1, 0.15) is 23.7 Å². The van der Waals surface area contributed by atoms with Crippen LogP contribution in [0.5, 0.6) is 0 Å². The van der Waals surface area contributed by atoms with Crippen molar-refractivity contribution in [3.8, 4) is 0 Å². The molecule has 94 valence electrons. The van der Waals surface area contributed by atoms with E-state index >= 15 is 0 Å². The Labute approximate surface area is 113 Å². The Morgan fingerprint density at radius 3 is 2.65 bits per heavy atom. The lowest BCUT2D eigenvalue weighted by Gasteiger charge is -2.08. The number of hydrogen-bond donors (Lipinski definition) is 1. The molecule has 1 heterocycles. The largest absolute Gasteiger partial charge is 0.465 e. The fourth-order valence-corrected chi connectivity index (χ4v) is 2.67. The van der Waals surface area contributed by atoms with Gasteiger partial charge < -0.3 is 10.5 Å². The molecule has 0 saturated heterocycles. The molecule has 0 spiro atoms. The monoisotopic (exact) mass is 295 g/mol. The average Bonchev–Trinajstić information content (AvgIpc) is 2.58. The normalized spacial score (nSPS) is 12.2. The number of thiophene rings is 1. The van der Waals surface area contributed by atoms with Gasteiger partial charge in [0.05, 0.1) is 10.9 Å². The number of nitrogens with two attached hydrogens (primary N) is 1. The Bertz CT molecular complexity index is 433. The number of carbonyl (C=O) groups excluding carboxylic acids is 2. The van der Waals surface area contributed by atoms with Gasteiger partial charge in [-0.1, -0.05) is 23.2 Å². The molecule has 0 saturated carbocycles. The lowest BCUT2D eigenvalue weighted by Crippen LogP contribution is -2.34. The molecule has 7 heteroatoms. The van der Waals surface area contributed by atoms with E-state index in [1.165, 1.54) is 6.07 Å². The molecule has 0 aromatic carbocycles. The van der Waals surface area contributed by atoms with Crippen LogP contribution in [-0.2, 0) is 9.53 Å². The fourth-order valence-electron chi connectivity index (χ4n) is 1.17. The van der Waals surface area contributed by atoms with E-state index in [9.17, 15) is 9.59 Å². The molecule has 17 heavy (non-hydrogen) atoms. The van der Waals surface area contributed by atoms with E-state index < -0.39 is 12.0 Å². The third-order valence-electron chi connectivity index (χ3n) is 1.95. The molecule has 0 amide bonds. The van der Waals surface area contributed by atoms with Crippen LogP contribution in [0, 0.1) is 0 Å². The van der Waals surface area contributed by atoms with Crippen LogP contribution in [0.15, 0.2) is 6.07 Å². The first-order valence-electron chi connectivity index (χ1n) is 4.86. The number of esters is 1. The highest BCUT2D eigenvalue weighted by atomic mass is 35.5. The second kappa shape index (κ2) is 6.35. The van der Waals surface area contributed by atoms with Crippen molar-refractivity contribution in [3.05, 3.63) is 20.3 Å². The molecule has 1 aromatic rings. The quantitative estimate of drug-likeness (QED) is 0.669. The summed E-state index contributed by atoms with van der Waals surface area (Å²) in [6.07, 6.45) is -0.147. The molecule has 2 N–H and O–H groups in total. The average molecular weight is 296 g/mol. The highest BCUT2D eigenvalue weighted by molar-refractivity contribution is 7.20. The summed E-state index contributed by atoms with van der Waals surface area (Å²) in [5.74, 6) is -0.919. The van der Waals surface area contributed by atoms with Gasteiger partial charge in [0.1, 0.15) is 10.4 Å². The lowest BCUT2D eigenvalue weighted by molar-refractivity contribution is -0.144. The van der Waals surface area contributed by atoms with Crippen LogP contribution in [0.4, 0.5) is 0 Å². The van der Waals surface area contributed by atoms with E-state index in [0.29, 0.717) is 14.2 Å². The third kappa shape index (κ3) is 3.96. The molecule has 0 aliphatic heterocycles. The minimum atomic E-state index is -0.975. The molecule has 1 unspecified atom stereocenters. The number of halogens is 2. The molecule has 0 aliphatic rings.